The minimum absolute atomic E-state index is 0.0742. The van der Waals surface area contributed by atoms with Gasteiger partial charge in [0.2, 0.25) is 0 Å². The van der Waals surface area contributed by atoms with Crippen molar-refractivity contribution in [3.05, 3.63) is 35.4 Å². The molecule has 1 aromatic rings. The Morgan fingerprint density at radius 1 is 1.19 bits per heavy atom. The van der Waals surface area contributed by atoms with Crippen molar-refractivity contribution in [1.82, 2.24) is 5.32 Å². The van der Waals surface area contributed by atoms with Crippen LogP contribution < -0.4 is 5.32 Å². The Morgan fingerprint density at radius 2 is 1.81 bits per heavy atom. The monoisotopic (exact) mass is 227 g/mol. The number of benzene rings is 1. The van der Waals surface area contributed by atoms with Gasteiger partial charge in [-0.3, -0.25) is 0 Å². The Bertz CT molecular complexity index is 352. The van der Waals surface area contributed by atoms with Crippen molar-refractivity contribution in [3.63, 3.8) is 0 Å². The van der Waals surface area contributed by atoms with Crippen molar-refractivity contribution < 1.29 is 13.9 Å². The quantitative estimate of drug-likeness (QED) is 0.824. The second kappa shape index (κ2) is 4.47. The Kier molecular flexibility index (Phi) is 3.21. The zero-order chi connectivity index (χ0) is 11.6. The maximum atomic E-state index is 12.9. The molecule has 1 fully saturated rings. The van der Waals surface area contributed by atoms with Crippen LogP contribution in [0.4, 0.5) is 8.78 Å². The summed E-state index contributed by atoms with van der Waals surface area (Å²) in [4.78, 5) is 0. The molecule has 2 nitrogen and oxygen atoms in total. The van der Waals surface area contributed by atoms with E-state index < -0.39 is 11.6 Å². The first-order chi connectivity index (χ1) is 7.63. The molecule has 0 aliphatic heterocycles. The lowest BCUT2D eigenvalue weighted by Gasteiger charge is -2.41. The van der Waals surface area contributed by atoms with E-state index in [1.165, 1.54) is 12.1 Å². The van der Waals surface area contributed by atoms with Crippen LogP contribution in [0.5, 0.6) is 0 Å². The molecule has 1 aromatic carbocycles. The lowest BCUT2D eigenvalue weighted by atomic mass is 9.77. The molecule has 0 heterocycles. The first kappa shape index (κ1) is 11.5. The van der Waals surface area contributed by atoms with Crippen molar-refractivity contribution in [2.24, 2.45) is 0 Å². The molecule has 1 aliphatic rings. The molecule has 2 N–H and O–H groups in total. The van der Waals surface area contributed by atoms with Crippen molar-refractivity contribution in [1.29, 1.82) is 0 Å². The summed E-state index contributed by atoms with van der Waals surface area (Å²) >= 11 is 0. The van der Waals surface area contributed by atoms with E-state index in [1.807, 2.05) is 0 Å². The van der Waals surface area contributed by atoms with E-state index in [1.54, 1.807) is 0 Å². The number of aliphatic hydroxyl groups excluding tert-OH is 1. The molecule has 0 atom stereocenters. The fraction of sp³-hybridized carbons (Fsp3) is 0.500. The van der Waals surface area contributed by atoms with Crippen LogP contribution in [0.1, 0.15) is 24.8 Å². The summed E-state index contributed by atoms with van der Waals surface area (Å²) in [6.07, 6.45) is 2.92. The minimum Gasteiger partial charge on any atom is -0.394 e. The van der Waals surface area contributed by atoms with Crippen molar-refractivity contribution >= 4 is 0 Å². The van der Waals surface area contributed by atoms with Crippen LogP contribution in [-0.4, -0.2) is 17.3 Å². The molecule has 0 unspecified atom stereocenters. The van der Waals surface area contributed by atoms with E-state index in [-0.39, 0.29) is 12.1 Å². The van der Waals surface area contributed by atoms with Crippen LogP contribution in [0.15, 0.2) is 18.2 Å². The minimum atomic E-state index is -0.566. The van der Waals surface area contributed by atoms with E-state index in [9.17, 15) is 13.9 Å². The van der Waals surface area contributed by atoms with E-state index >= 15 is 0 Å². The number of halogens is 2. The van der Waals surface area contributed by atoms with Crippen LogP contribution >= 0.6 is 0 Å². The van der Waals surface area contributed by atoms with Gasteiger partial charge in [-0.25, -0.2) is 8.78 Å². The van der Waals surface area contributed by atoms with Gasteiger partial charge in [0.1, 0.15) is 11.6 Å². The molecular weight excluding hydrogens is 212 g/mol. The smallest absolute Gasteiger partial charge is 0.126 e. The molecule has 2 rings (SSSR count). The Hall–Kier alpha value is -1.00. The second-order valence-electron chi connectivity index (χ2n) is 4.42. The van der Waals surface area contributed by atoms with Gasteiger partial charge in [0.05, 0.1) is 6.61 Å². The molecular formula is C12H15F2NO. The zero-order valence-corrected chi connectivity index (χ0v) is 8.97. The third-order valence-corrected chi connectivity index (χ3v) is 3.20. The van der Waals surface area contributed by atoms with Gasteiger partial charge in [-0.05, 0) is 37.0 Å². The zero-order valence-electron chi connectivity index (χ0n) is 8.97. The van der Waals surface area contributed by atoms with E-state index in [0.717, 1.165) is 25.3 Å². The first-order valence-corrected chi connectivity index (χ1v) is 5.44. The SMILES string of the molecule is OCC1(NCc2cc(F)cc(F)c2)CCC1. The molecule has 88 valence electrons. The predicted molar refractivity (Wildman–Crippen MR) is 56.9 cm³/mol. The summed E-state index contributed by atoms with van der Waals surface area (Å²) in [7, 11) is 0. The molecule has 0 bridgehead atoms. The average Bonchev–Trinajstić information content (AvgIpc) is 2.15. The molecule has 1 aliphatic carbocycles. The predicted octanol–water partition coefficient (Wildman–Crippen LogP) is 1.97. The molecule has 0 amide bonds. The van der Waals surface area contributed by atoms with E-state index in [0.29, 0.717) is 12.1 Å². The van der Waals surface area contributed by atoms with Crippen molar-refractivity contribution in [2.45, 2.75) is 31.3 Å². The molecule has 16 heavy (non-hydrogen) atoms. The number of rotatable bonds is 4. The van der Waals surface area contributed by atoms with Gasteiger partial charge in [0.15, 0.2) is 0 Å². The van der Waals surface area contributed by atoms with Gasteiger partial charge in [0.25, 0.3) is 0 Å². The molecule has 0 spiro atoms. The highest BCUT2D eigenvalue weighted by molar-refractivity contribution is 5.18. The Balaban J connectivity index is 1.98. The van der Waals surface area contributed by atoms with Gasteiger partial charge in [-0.15, -0.1) is 0 Å². The van der Waals surface area contributed by atoms with Crippen LogP contribution in [0.2, 0.25) is 0 Å². The van der Waals surface area contributed by atoms with Crippen LogP contribution in [0.25, 0.3) is 0 Å². The summed E-state index contributed by atoms with van der Waals surface area (Å²) in [5.41, 5.74) is 0.334. The van der Waals surface area contributed by atoms with Crippen molar-refractivity contribution in [2.75, 3.05) is 6.61 Å². The van der Waals surface area contributed by atoms with Crippen LogP contribution in [0, 0.1) is 11.6 Å². The standard InChI is InChI=1S/C12H15F2NO/c13-10-4-9(5-11(14)6-10)7-15-12(8-16)2-1-3-12/h4-6,15-16H,1-3,7-8H2. The number of hydrogen-bond acceptors (Lipinski definition) is 2. The summed E-state index contributed by atoms with van der Waals surface area (Å²) in [6, 6.07) is 3.47. The first-order valence-electron chi connectivity index (χ1n) is 5.44. The molecule has 0 aromatic heterocycles. The summed E-state index contributed by atoms with van der Waals surface area (Å²) in [6.45, 7) is 0.458. The fourth-order valence-corrected chi connectivity index (χ4v) is 2.00. The van der Waals surface area contributed by atoms with Gasteiger partial charge < -0.3 is 10.4 Å². The highest BCUT2D eigenvalue weighted by atomic mass is 19.1. The van der Waals surface area contributed by atoms with E-state index in [4.69, 9.17) is 0 Å². The fourth-order valence-electron chi connectivity index (χ4n) is 2.00. The average molecular weight is 227 g/mol. The lowest BCUT2D eigenvalue weighted by Crippen LogP contribution is -2.53. The summed E-state index contributed by atoms with van der Waals surface area (Å²) < 4.78 is 25.8. The highest BCUT2D eigenvalue weighted by Gasteiger charge is 2.35. The number of aliphatic hydroxyl groups is 1. The largest absolute Gasteiger partial charge is 0.394 e. The number of nitrogens with one attached hydrogen (secondary N) is 1. The normalized spacial score (nSPS) is 18.2. The van der Waals surface area contributed by atoms with Gasteiger partial charge in [-0.1, -0.05) is 0 Å². The molecule has 0 saturated heterocycles. The van der Waals surface area contributed by atoms with Gasteiger partial charge in [-0.2, -0.15) is 0 Å². The maximum absolute atomic E-state index is 12.9. The molecule has 0 radical (unpaired) electrons. The van der Waals surface area contributed by atoms with Crippen LogP contribution in [-0.2, 0) is 6.54 Å². The van der Waals surface area contributed by atoms with Crippen molar-refractivity contribution in [3.8, 4) is 0 Å². The van der Waals surface area contributed by atoms with Gasteiger partial charge in [0, 0.05) is 18.2 Å². The van der Waals surface area contributed by atoms with Gasteiger partial charge >= 0.3 is 0 Å². The molecule has 1 saturated carbocycles. The molecule has 4 heteroatoms. The Morgan fingerprint density at radius 3 is 2.25 bits per heavy atom. The summed E-state index contributed by atoms with van der Waals surface area (Å²) in [5, 5.41) is 12.4. The highest BCUT2D eigenvalue weighted by Crippen LogP contribution is 2.31. The number of hydrogen-bond donors (Lipinski definition) is 2. The second-order valence-corrected chi connectivity index (χ2v) is 4.42. The summed E-state index contributed by atoms with van der Waals surface area (Å²) in [5.74, 6) is -1.13. The lowest BCUT2D eigenvalue weighted by molar-refractivity contribution is 0.0871. The third-order valence-electron chi connectivity index (χ3n) is 3.20. The third kappa shape index (κ3) is 2.39. The van der Waals surface area contributed by atoms with E-state index in [2.05, 4.69) is 5.32 Å². The topological polar surface area (TPSA) is 32.3 Å². The maximum Gasteiger partial charge on any atom is 0.126 e. The van der Waals surface area contributed by atoms with Crippen LogP contribution in [0.3, 0.4) is 0 Å². The Labute approximate surface area is 93.3 Å².